The Morgan fingerprint density at radius 3 is 1.42 bits per heavy atom. The van der Waals surface area contributed by atoms with Crippen molar-refractivity contribution in [3.05, 3.63) is 285 Å². The average molecular weight is 950 g/mol. The Morgan fingerprint density at radius 2 is 0.750 bits per heavy atom. The number of nitrogens with zero attached hydrogens (tertiary/aromatic N) is 1. The van der Waals surface area contributed by atoms with Crippen LogP contribution in [0, 0.1) is 0 Å². The van der Waals surface area contributed by atoms with Gasteiger partial charge in [0.05, 0.1) is 11.4 Å². The van der Waals surface area contributed by atoms with Crippen LogP contribution in [0.3, 0.4) is 0 Å². The highest BCUT2D eigenvalue weighted by molar-refractivity contribution is 7.33. The van der Waals surface area contributed by atoms with Gasteiger partial charge in [0.25, 0.3) is 0 Å². The molecule has 0 saturated heterocycles. The molecule has 1 spiro atoms. The van der Waals surface area contributed by atoms with Crippen LogP contribution in [0.25, 0.3) is 43.8 Å². The number of ether oxygens (including phenoxy) is 1. The minimum atomic E-state index is -3.11. The maximum Gasteiger partial charge on any atom is 0.188 e. The fourth-order valence-electron chi connectivity index (χ4n) is 12.5. The van der Waals surface area contributed by atoms with Crippen molar-refractivity contribution in [3.8, 4) is 33.8 Å². The third kappa shape index (κ3) is 6.26. The molecule has 14 rings (SSSR count). The Balaban J connectivity index is 1.00. The van der Waals surface area contributed by atoms with Crippen molar-refractivity contribution in [2.75, 3.05) is 4.90 Å². The quantitative estimate of drug-likeness (QED) is 0.148. The molecule has 0 saturated carbocycles. The lowest BCUT2D eigenvalue weighted by Gasteiger charge is -2.50. The molecule has 0 N–H and O–H groups in total. The highest BCUT2D eigenvalue weighted by atomic mass is 28.3. The topological polar surface area (TPSA) is 12.5 Å². The molecule has 12 aromatic rings. The third-order valence-corrected chi connectivity index (χ3v) is 25.8. The van der Waals surface area contributed by atoms with E-state index in [0.717, 1.165) is 28.6 Å². The SMILES string of the molecule is c1ccc(-c2ccc(N(c3cccc4ccccc34)c3ccc(-c4ccc5c(c4)[Si]4(c6ccccc6O5)c5ccccc5[Si](c5ccccc5)(c5ccccc5)c5ccccc54)c4ccccc34)cc2)cc1. The maximum absolute atomic E-state index is 7.09. The Kier molecular flexibility index (Phi) is 9.92. The molecule has 12 aromatic carbocycles. The van der Waals surface area contributed by atoms with Gasteiger partial charge in [0.15, 0.2) is 16.1 Å². The first kappa shape index (κ1) is 42.1. The zero-order valence-electron chi connectivity index (χ0n) is 39.5. The molecule has 4 heteroatoms. The van der Waals surface area contributed by atoms with E-state index in [1.807, 2.05) is 0 Å². The van der Waals surface area contributed by atoms with Crippen molar-refractivity contribution in [2.24, 2.45) is 0 Å². The average Bonchev–Trinajstić information content (AvgIpc) is 3.46. The molecule has 0 amide bonds. The lowest BCUT2D eigenvalue weighted by atomic mass is 9.95. The van der Waals surface area contributed by atoms with E-state index in [0.29, 0.717) is 0 Å². The number of anilines is 3. The van der Waals surface area contributed by atoms with Crippen LogP contribution >= 0.6 is 0 Å². The van der Waals surface area contributed by atoms with Gasteiger partial charge in [0, 0.05) is 16.5 Å². The molecule has 2 nitrogen and oxygen atoms in total. The number of para-hydroxylation sites is 1. The summed E-state index contributed by atoms with van der Waals surface area (Å²) in [6.07, 6.45) is 0. The Bertz CT molecular complexity index is 3930. The molecule has 0 unspecified atom stereocenters. The van der Waals surface area contributed by atoms with Crippen molar-refractivity contribution < 1.29 is 4.74 Å². The van der Waals surface area contributed by atoms with Gasteiger partial charge in [-0.05, 0) is 111 Å². The number of benzene rings is 12. The van der Waals surface area contributed by atoms with Crippen LogP contribution in [0.4, 0.5) is 17.1 Å². The van der Waals surface area contributed by atoms with Crippen LogP contribution in [0.2, 0.25) is 0 Å². The molecule has 0 aliphatic carbocycles. The molecule has 2 aliphatic heterocycles. The van der Waals surface area contributed by atoms with Crippen LogP contribution < -0.4 is 51.1 Å². The summed E-state index contributed by atoms with van der Waals surface area (Å²) < 4.78 is 7.09. The van der Waals surface area contributed by atoms with Crippen molar-refractivity contribution in [1.82, 2.24) is 0 Å². The fourth-order valence-corrected chi connectivity index (χ4v) is 24.8. The van der Waals surface area contributed by atoms with Gasteiger partial charge in [0.2, 0.25) is 0 Å². The van der Waals surface area contributed by atoms with E-state index in [1.54, 1.807) is 0 Å². The first-order valence-corrected chi connectivity index (χ1v) is 28.9. The molecule has 338 valence electrons. The molecule has 0 aromatic heterocycles. The molecular formula is C68H47NOSi2. The summed E-state index contributed by atoms with van der Waals surface area (Å²) in [6.45, 7) is 0. The molecule has 2 aliphatic rings. The van der Waals surface area contributed by atoms with Crippen molar-refractivity contribution in [2.45, 2.75) is 0 Å². The smallest absolute Gasteiger partial charge is 0.188 e. The highest BCUT2D eigenvalue weighted by Gasteiger charge is 2.59. The second-order valence-corrected chi connectivity index (χ2v) is 26.4. The second-order valence-electron chi connectivity index (χ2n) is 19.1. The van der Waals surface area contributed by atoms with Crippen molar-refractivity contribution >= 4 is 96.2 Å². The van der Waals surface area contributed by atoms with E-state index in [1.165, 1.54) is 85.3 Å². The van der Waals surface area contributed by atoms with Crippen LogP contribution in [0.15, 0.2) is 285 Å². The van der Waals surface area contributed by atoms with Crippen molar-refractivity contribution in [3.63, 3.8) is 0 Å². The number of hydrogen-bond acceptors (Lipinski definition) is 2. The van der Waals surface area contributed by atoms with Gasteiger partial charge in [-0.3, -0.25) is 0 Å². The first-order chi connectivity index (χ1) is 35.7. The Morgan fingerprint density at radius 1 is 0.278 bits per heavy atom. The third-order valence-electron chi connectivity index (χ3n) is 15.5. The van der Waals surface area contributed by atoms with Crippen LogP contribution in [0.1, 0.15) is 0 Å². The van der Waals surface area contributed by atoms with E-state index in [2.05, 4.69) is 290 Å². The van der Waals surface area contributed by atoms with Gasteiger partial charge in [-0.1, -0.05) is 249 Å². The summed E-state index contributed by atoms with van der Waals surface area (Å²) in [4.78, 5) is 2.45. The molecule has 0 atom stereocenters. The lowest BCUT2D eigenvalue weighted by Crippen LogP contribution is -2.93. The first-order valence-electron chi connectivity index (χ1n) is 24.9. The van der Waals surface area contributed by atoms with E-state index in [4.69, 9.17) is 4.74 Å². The standard InChI is InChI=1S/C68H47NOSi2/c1-4-21-48(22-5-1)49-39-42-52(43-40-49)69(59-32-20-24-50-23-10-11-29-56(50)59)60-45-44-55(57-30-12-13-31-58(57)60)51-41-46-62-68(47-51)72(63-34-15-14-33-61(63)70-62)66-37-18-16-35-64(66)71(53-25-6-2-7-26-53,54-27-8-3-9-28-54)65-36-17-19-38-67(65)72/h1-47H. The van der Waals surface area contributed by atoms with Gasteiger partial charge in [-0.25, -0.2) is 0 Å². The highest BCUT2D eigenvalue weighted by Crippen LogP contribution is 2.45. The Labute approximate surface area is 422 Å². The van der Waals surface area contributed by atoms with Gasteiger partial charge in [-0.2, -0.15) is 0 Å². The van der Waals surface area contributed by atoms with E-state index >= 15 is 0 Å². The predicted molar refractivity (Wildman–Crippen MR) is 308 cm³/mol. The fraction of sp³-hybridized carbons (Fsp3) is 0. The summed E-state index contributed by atoms with van der Waals surface area (Å²) >= 11 is 0. The molecule has 0 bridgehead atoms. The van der Waals surface area contributed by atoms with Crippen LogP contribution in [-0.4, -0.2) is 16.1 Å². The second kappa shape index (κ2) is 17.0. The minimum Gasteiger partial charge on any atom is -0.458 e. The van der Waals surface area contributed by atoms with Gasteiger partial charge in [-0.15, -0.1) is 0 Å². The van der Waals surface area contributed by atoms with E-state index in [-0.39, 0.29) is 0 Å². The van der Waals surface area contributed by atoms with Gasteiger partial charge < -0.3 is 9.64 Å². The largest absolute Gasteiger partial charge is 0.458 e. The van der Waals surface area contributed by atoms with Crippen LogP contribution in [0.5, 0.6) is 11.5 Å². The zero-order chi connectivity index (χ0) is 47.6. The summed E-state index contributed by atoms with van der Waals surface area (Å²) in [5, 5.41) is 15.9. The summed E-state index contributed by atoms with van der Waals surface area (Å²) in [7, 11) is -5.97. The molecule has 0 fully saturated rings. The number of hydrogen-bond donors (Lipinski definition) is 0. The lowest BCUT2D eigenvalue weighted by molar-refractivity contribution is 0.487. The predicted octanol–water partition coefficient (Wildman–Crippen LogP) is 12.0. The number of fused-ring (bicyclic) bond motifs is 10. The van der Waals surface area contributed by atoms with Gasteiger partial charge in [0.1, 0.15) is 11.5 Å². The monoisotopic (exact) mass is 949 g/mol. The summed E-state index contributed by atoms with van der Waals surface area (Å²) in [6, 6.07) is 106. The maximum atomic E-state index is 7.09. The van der Waals surface area contributed by atoms with Crippen LogP contribution in [-0.2, 0) is 0 Å². The minimum absolute atomic E-state index is 0.935. The summed E-state index contributed by atoms with van der Waals surface area (Å²) in [5.74, 6) is 1.88. The molecular weight excluding hydrogens is 903 g/mol. The normalized spacial score (nSPS) is 13.6. The molecule has 0 radical (unpaired) electrons. The molecule has 72 heavy (non-hydrogen) atoms. The molecule has 2 heterocycles. The van der Waals surface area contributed by atoms with Crippen molar-refractivity contribution in [1.29, 1.82) is 0 Å². The zero-order valence-corrected chi connectivity index (χ0v) is 41.5. The number of rotatable bonds is 7. The van der Waals surface area contributed by atoms with E-state index in [9.17, 15) is 0 Å². The van der Waals surface area contributed by atoms with E-state index < -0.39 is 16.1 Å². The van der Waals surface area contributed by atoms with Gasteiger partial charge >= 0.3 is 0 Å². The summed E-state index contributed by atoms with van der Waals surface area (Å²) in [5.41, 5.74) is 8.11. The Hall–Kier alpha value is -8.81.